The van der Waals surface area contributed by atoms with Crippen LogP contribution in [0.25, 0.3) is 0 Å². The second kappa shape index (κ2) is 5.88. The number of aliphatic hydroxyl groups is 1. The molecule has 0 bridgehead atoms. The van der Waals surface area contributed by atoms with Crippen LogP contribution in [0.2, 0.25) is 0 Å². The maximum atomic E-state index is 12.6. The monoisotopic (exact) mass is 288 g/mol. The van der Waals surface area contributed by atoms with Crippen LogP contribution >= 0.6 is 0 Å². The number of likely N-dealkylation sites (N-methyl/N-ethyl adjacent to an activating group) is 1. The maximum Gasteiger partial charge on any atom is 0.223 e. The Kier molecular flexibility index (Phi) is 4.18. The van der Waals surface area contributed by atoms with Crippen molar-refractivity contribution in [1.29, 1.82) is 0 Å². The standard InChI is InChI=1S/C15H16N2O4/c1-9(19)17(2)13-12(16-7-8-18)14(20)10-5-3-4-6-11(10)15(13)21/h3-6,16,18H,7-8H2,1-2H3. The maximum absolute atomic E-state index is 12.6. The number of allylic oxidation sites excluding steroid dienone is 2. The van der Waals surface area contributed by atoms with Gasteiger partial charge in [0.25, 0.3) is 0 Å². The summed E-state index contributed by atoms with van der Waals surface area (Å²) < 4.78 is 0. The Morgan fingerprint density at radius 1 is 1.19 bits per heavy atom. The molecule has 0 radical (unpaired) electrons. The van der Waals surface area contributed by atoms with E-state index >= 15 is 0 Å². The normalized spacial score (nSPS) is 14.0. The molecule has 0 heterocycles. The zero-order valence-corrected chi connectivity index (χ0v) is 11.8. The number of benzene rings is 1. The third-order valence-electron chi connectivity index (χ3n) is 3.32. The van der Waals surface area contributed by atoms with Crippen molar-refractivity contribution in [2.24, 2.45) is 0 Å². The number of carbonyl (C=O) groups excluding carboxylic acids is 3. The summed E-state index contributed by atoms with van der Waals surface area (Å²) >= 11 is 0. The molecule has 6 heteroatoms. The quantitative estimate of drug-likeness (QED) is 0.834. The van der Waals surface area contributed by atoms with E-state index in [4.69, 9.17) is 5.11 Å². The van der Waals surface area contributed by atoms with Gasteiger partial charge >= 0.3 is 0 Å². The highest BCUT2D eigenvalue weighted by Crippen LogP contribution is 2.26. The average Bonchev–Trinajstić information content (AvgIpc) is 2.48. The Morgan fingerprint density at radius 3 is 2.29 bits per heavy atom. The lowest BCUT2D eigenvalue weighted by Gasteiger charge is -2.26. The number of aliphatic hydroxyl groups excluding tert-OH is 1. The van der Waals surface area contributed by atoms with E-state index in [2.05, 4.69) is 5.32 Å². The number of hydrogen-bond donors (Lipinski definition) is 2. The second-order valence-electron chi connectivity index (χ2n) is 4.66. The minimum absolute atomic E-state index is 0.0136. The predicted molar refractivity (Wildman–Crippen MR) is 75.7 cm³/mol. The molecular weight excluding hydrogens is 272 g/mol. The van der Waals surface area contributed by atoms with Gasteiger partial charge in [-0.15, -0.1) is 0 Å². The van der Waals surface area contributed by atoms with Crippen LogP contribution in [-0.2, 0) is 4.79 Å². The Balaban J connectivity index is 2.60. The van der Waals surface area contributed by atoms with E-state index in [-0.39, 0.29) is 47.6 Å². The van der Waals surface area contributed by atoms with Crippen LogP contribution in [0, 0.1) is 0 Å². The highest BCUT2D eigenvalue weighted by atomic mass is 16.3. The number of carbonyl (C=O) groups is 3. The number of ketones is 2. The molecule has 0 saturated heterocycles. The summed E-state index contributed by atoms with van der Waals surface area (Å²) in [5, 5.41) is 11.7. The zero-order valence-electron chi connectivity index (χ0n) is 11.8. The van der Waals surface area contributed by atoms with E-state index in [0.29, 0.717) is 5.56 Å². The van der Waals surface area contributed by atoms with Gasteiger partial charge in [-0.05, 0) is 0 Å². The molecule has 1 amide bonds. The van der Waals surface area contributed by atoms with Crippen LogP contribution in [0.3, 0.4) is 0 Å². The van der Waals surface area contributed by atoms with Crippen molar-refractivity contribution in [2.75, 3.05) is 20.2 Å². The highest BCUT2D eigenvalue weighted by molar-refractivity contribution is 6.27. The molecule has 2 rings (SSSR count). The molecule has 110 valence electrons. The molecule has 2 N–H and O–H groups in total. The van der Waals surface area contributed by atoms with Crippen molar-refractivity contribution in [2.45, 2.75) is 6.92 Å². The first-order valence-corrected chi connectivity index (χ1v) is 6.50. The Labute approximate surface area is 122 Å². The Bertz CT molecular complexity index is 649. The Hall–Kier alpha value is -2.47. The molecule has 0 saturated carbocycles. The SMILES string of the molecule is CC(=O)N(C)C1=C(NCCO)C(=O)c2ccccc2C1=O. The fraction of sp³-hybridized carbons (Fsp3) is 0.267. The number of Topliss-reactive ketones (excluding diaryl/α,β-unsaturated/α-hetero) is 2. The van der Waals surface area contributed by atoms with E-state index in [0.717, 1.165) is 4.90 Å². The first kappa shape index (κ1) is 14.9. The second-order valence-corrected chi connectivity index (χ2v) is 4.66. The van der Waals surface area contributed by atoms with E-state index in [1.807, 2.05) is 0 Å². The summed E-state index contributed by atoms with van der Waals surface area (Å²) in [5.41, 5.74) is 0.633. The van der Waals surface area contributed by atoms with Crippen molar-refractivity contribution < 1.29 is 19.5 Å². The topological polar surface area (TPSA) is 86.7 Å². The summed E-state index contributed by atoms with van der Waals surface area (Å²) in [6, 6.07) is 6.47. The summed E-state index contributed by atoms with van der Waals surface area (Å²) in [6.45, 7) is 1.24. The van der Waals surface area contributed by atoms with Gasteiger partial charge in [0.15, 0.2) is 0 Å². The molecule has 21 heavy (non-hydrogen) atoms. The molecule has 1 aromatic rings. The van der Waals surface area contributed by atoms with E-state index in [9.17, 15) is 14.4 Å². The number of fused-ring (bicyclic) bond motifs is 1. The van der Waals surface area contributed by atoms with Gasteiger partial charge in [-0.25, -0.2) is 0 Å². The Morgan fingerprint density at radius 2 is 1.76 bits per heavy atom. The smallest absolute Gasteiger partial charge is 0.223 e. The number of rotatable bonds is 4. The molecule has 1 aromatic carbocycles. The number of nitrogens with zero attached hydrogens (tertiary/aromatic N) is 1. The summed E-state index contributed by atoms with van der Waals surface area (Å²) in [5.74, 6) is -1.10. The van der Waals surface area contributed by atoms with Crippen molar-refractivity contribution in [1.82, 2.24) is 10.2 Å². The third-order valence-corrected chi connectivity index (χ3v) is 3.32. The van der Waals surface area contributed by atoms with Gasteiger partial charge in [0.2, 0.25) is 17.5 Å². The lowest BCUT2D eigenvalue weighted by molar-refractivity contribution is -0.125. The van der Waals surface area contributed by atoms with Crippen molar-refractivity contribution in [3.8, 4) is 0 Å². The minimum atomic E-state index is -0.386. The average molecular weight is 288 g/mol. The van der Waals surface area contributed by atoms with Gasteiger partial charge in [-0.2, -0.15) is 0 Å². The molecule has 0 spiro atoms. The molecule has 0 unspecified atom stereocenters. The summed E-state index contributed by atoms with van der Waals surface area (Å²) in [7, 11) is 1.44. The van der Waals surface area contributed by atoms with E-state index < -0.39 is 0 Å². The fourth-order valence-corrected chi connectivity index (χ4v) is 2.18. The molecule has 0 fully saturated rings. The van der Waals surface area contributed by atoms with E-state index in [1.165, 1.54) is 14.0 Å². The molecular formula is C15H16N2O4. The van der Waals surface area contributed by atoms with Gasteiger partial charge in [-0.3, -0.25) is 14.4 Å². The third kappa shape index (κ3) is 2.57. The van der Waals surface area contributed by atoms with Gasteiger partial charge in [-0.1, -0.05) is 24.3 Å². The number of amides is 1. The lowest BCUT2D eigenvalue weighted by atomic mass is 9.89. The van der Waals surface area contributed by atoms with Crippen LogP contribution in [-0.4, -0.2) is 47.7 Å². The largest absolute Gasteiger partial charge is 0.395 e. The van der Waals surface area contributed by atoms with E-state index in [1.54, 1.807) is 24.3 Å². The predicted octanol–water partition coefficient (Wildman–Crippen LogP) is 0.337. The molecule has 1 aliphatic rings. The fourth-order valence-electron chi connectivity index (χ4n) is 2.18. The van der Waals surface area contributed by atoms with Crippen LogP contribution in [0.15, 0.2) is 35.7 Å². The molecule has 6 nitrogen and oxygen atoms in total. The van der Waals surface area contributed by atoms with Crippen LogP contribution in [0.1, 0.15) is 27.6 Å². The van der Waals surface area contributed by atoms with Gasteiger partial charge in [0, 0.05) is 31.6 Å². The molecule has 0 atom stereocenters. The summed E-state index contributed by atoms with van der Waals surface area (Å²) in [4.78, 5) is 37.8. The molecule has 0 aromatic heterocycles. The van der Waals surface area contributed by atoms with Crippen LogP contribution < -0.4 is 5.32 Å². The van der Waals surface area contributed by atoms with Gasteiger partial charge in [0.05, 0.1) is 6.61 Å². The lowest BCUT2D eigenvalue weighted by Crippen LogP contribution is -2.39. The number of hydrogen-bond acceptors (Lipinski definition) is 5. The van der Waals surface area contributed by atoms with Crippen molar-refractivity contribution in [3.63, 3.8) is 0 Å². The van der Waals surface area contributed by atoms with Crippen LogP contribution in [0.5, 0.6) is 0 Å². The van der Waals surface area contributed by atoms with Crippen LogP contribution in [0.4, 0.5) is 0 Å². The first-order chi connectivity index (χ1) is 9.99. The van der Waals surface area contributed by atoms with Crippen molar-refractivity contribution in [3.05, 3.63) is 46.8 Å². The highest BCUT2D eigenvalue weighted by Gasteiger charge is 2.34. The zero-order chi connectivity index (χ0) is 15.6. The molecule has 0 aliphatic heterocycles. The summed E-state index contributed by atoms with van der Waals surface area (Å²) in [6.07, 6.45) is 0. The minimum Gasteiger partial charge on any atom is -0.395 e. The number of nitrogens with one attached hydrogen (secondary N) is 1. The molecule has 1 aliphatic carbocycles. The van der Waals surface area contributed by atoms with Gasteiger partial charge < -0.3 is 15.3 Å². The van der Waals surface area contributed by atoms with Gasteiger partial charge in [0.1, 0.15) is 11.4 Å². The first-order valence-electron chi connectivity index (χ1n) is 6.50. The van der Waals surface area contributed by atoms with Crippen molar-refractivity contribution >= 4 is 17.5 Å².